The molecule has 1 aromatic rings. The van der Waals surface area contributed by atoms with Crippen LogP contribution in [0, 0.1) is 6.92 Å². The Balaban J connectivity index is 0. The van der Waals surface area contributed by atoms with E-state index < -0.39 is 0 Å². The van der Waals surface area contributed by atoms with E-state index in [1.807, 2.05) is 58.1 Å². The molecule has 0 saturated carbocycles. The molecule has 4 nitrogen and oxygen atoms in total. The molecule has 0 spiro atoms. The van der Waals surface area contributed by atoms with E-state index in [0.717, 1.165) is 24.3 Å². The number of benzene rings is 1. The lowest BCUT2D eigenvalue weighted by Crippen LogP contribution is -2.38. The van der Waals surface area contributed by atoms with E-state index in [2.05, 4.69) is 38.4 Å². The smallest absolute Gasteiger partial charge is 0.322 e. The average Bonchev–Trinajstić information content (AvgIpc) is 2.74. The number of urea groups is 1. The van der Waals surface area contributed by atoms with Gasteiger partial charge in [-0.05, 0) is 56.5 Å². The van der Waals surface area contributed by atoms with Gasteiger partial charge in [0.1, 0.15) is 0 Å². The molecule has 1 unspecified atom stereocenters. The van der Waals surface area contributed by atoms with E-state index >= 15 is 0 Å². The van der Waals surface area contributed by atoms with Crippen LogP contribution in [0.1, 0.15) is 52.2 Å². The van der Waals surface area contributed by atoms with Gasteiger partial charge in [0.05, 0.1) is 18.9 Å². The molecule has 4 heteroatoms. The number of methoxy groups -OCH3 is 1. The summed E-state index contributed by atoms with van der Waals surface area (Å²) in [5, 5.41) is 2.96. The lowest BCUT2D eigenvalue weighted by Gasteiger charge is -2.24. The number of allylic oxidation sites excluding steroid dienone is 4. The topological polar surface area (TPSA) is 41.6 Å². The second-order valence-corrected chi connectivity index (χ2v) is 6.43. The number of amides is 2. The Morgan fingerprint density at radius 2 is 1.90 bits per heavy atom. The summed E-state index contributed by atoms with van der Waals surface area (Å²) in [5.41, 5.74) is 3.31. The minimum Gasteiger partial charge on any atom is -0.502 e. The molecular weight excluding hydrogens is 372 g/mol. The van der Waals surface area contributed by atoms with Crippen molar-refractivity contribution in [2.75, 3.05) is 19.5 Å². The Kier molecular flexibility index (Phi) is 18.0. The molecule has 1 N–H and O–H groups in total. The highest BCUT2D eigenvalue weighted by atomic mass is 16.5. The number of carbonyl (C=O) groups excluding carboxylic acids is 1. The quantitative estimate of drug-likeness (QED) is 0.276. The van der Waals surface area contributed by atoms with Crippen LogP contribution >= 0.6 is 0 Å². The average molecular weight is 415 g/mol. The van der Waals surface area contributed by atoms with Gasteiger partial charge in [-0.2, -0.15) is 0 Å². The van der Waals surface area contributed by atoms with E-state index in [9.17, 15) is 4.79 Å². The standard InChI is InChI=1S/C21H30N2O2.C3H6.C2H6/c1-7-9-11-20(15-17(4)25-6)23(5)21(24)22-19-13-12-18(10-8-2)16(3)14-19;1-3-2;1-2/h7,9,11-15,20H,1,8,10H2,2-6H3,(H,22,24);3H,1H2,2H3;1-2H3/b11-9?,17-15-;;. The SMILES string of the molecule is C=CC.C=CC=CC(/C=C(/C)OC)N(C)C(=O)Nc1ccc(CCC)c(C)c1.CC. The van der Waals surface area contributed by atoms with Gasteiger partial charge in [0.15, 0.2) is 0 Å². The number of aryl methyl sites for hydroxylation is 2. The highest BCUT2D eigenvalue weighted by molar-refractivity contribution is 5.89. The maximum Gasteiger partial charge on any atom is 0.322 e. The highest BCUT2D eigenvalue weighted by Crippen LogP contribution is 2.17. The van der Waals surface area contributed by atoms with E-state index in [1.54, 1.807) is 31.2 Å². The lowest BCUT2D eigenvalue weighted by molar-refractivity contribution is 0.218. The number of hydrogen-bond acceptors (Lipinski definition) is 2. The number of rotatable bonds is 8. The van der Waals surface area contributed by atoms with Crippen LogP contribution in [0.25, 0.3) is 0 Å². The molecule has 2 amide bonds. The second kappa shape index (κ2) is 18.3. The fourth-order valence-electron chi connectivity index (χ4n) is 2.47. The summed E-state index contributed by atoms with van der Waals surface area (Å²) in [7, 11) is 3.37. The number of nitrogens with one attached hydrogen (secondary N) is 1. The Bertz CT molecular complexity index is 690. The minimum absolute atomic E-state index is 0.179. The summed E-state index contributed by atoms with van der Waals surface area (Å²) >= 11 is 0. The van der Waals surface area contributed by atoms with Crippen LogP contribution in [-0.2, 0) is 11.2 Å². The highest BCUT2D eigenvalue weighted by Gasteiger charge is 2.16. The molecule has 0 saturated heterocycles. The molecule has 0 aliphatic rings. The van der Waals surface area contributed by atoms with Gasteiger partial charge < -0.3 is 15.0 Å². The van der Waals surface area contributed by atoms with E-state index in [-0.39, 0.29) is 12.1 Å². The van der Waals surface area contributed by atoms with Crippen molar-refractivity contribution in [3.8, 4) is 0 Å². The maximum atomic E-state index is 12.6. The van der Waals surface area contributed by atoms with Crippen LogP contribution in [0.3, 0.4) is 0 Å². The summed E-state index contributed by atoms with van der Waals surface area (Å²) in [5.74, 6) is 0.748. The Labute approximate surface area is 185 Å². The number of ether oxygens (including phenoxy) is 1. The third kappa shape index (κ3) is 11.9. The van der Waals surface area contributed by atoms with Crippen LogP contribution in [0.2, 0.25) is 0 Å². The second-order valence-electron chi connectivity index (χ2n) is 6.43. The number of carbonyl (C=O) groups is 1. The van der Waals surface area contributed by atoms with E-state index in [4.69, 9.17) is 4.74 Å². The van der Waals surface area contributed by atoms with Gasteiger partial charge >= 0.3 is 6.03 Å². The Morgan fingerprint density at radius 3 is 2.37 bits per heavy atom. The van der Waals surface area contributed by atoms with Gasteiger partial charge in [0.25, 0.3) is 0 Å². The van der Waals surface area contributed by atoms with Crippen molar-refractivity contribution in [3.05, 3.63) is 78.6 Å². The fourth-order valence-corrected chi connectivity index (χ4v) is 2.47. The molecule has 168 valence electrons. The van der Waals surface area contributed by atoms with Crippen molar-refractivity contribution in [1.29, 1.82) is 0 Å². The zero-order chi connectivity index (χ0) is 23.5. The first-order valence-electron chi connectivity index (χ1n) is 10.6. The third-order valence-electron chi connectivity index (χ3n) is 4.05. The Morgan fingerprint density at radius 1 is 1.30 bits per heavy atom. The first-order valence-corrected chi connectivity index (χ1v) is 10.6. The third-order valence-corrected chi connectivity index (χ3v) is 4.05. The monoisotopic (exact) mass is 414 g/mol. The molecule has 1 aromatic carbocycles. The van der Waals surface area contributed by atoms with Crippen LogP contribution in [0.5, 0.6) is 0 Å². The molecule has 0 aromatic heterocycles. The van der Waals surface area contributed by atoms with Gasteiger partial charge in [-0.1, -0.05) is 64.1 Å². The maximum absolute atomic E-state index is 12.6. The predicted octanol–water partition coefficient (Wildman–Crippen LogP) is 7.29. The van der Waals surface area contributed by atoms with Crippen molar-refractivity contribution in [1.82, 2.24) is 4.90 Å². The molecule has 0 fully saturated rings. The van der Waals surface area contributed by atoms with Gasteiger partial charge in [0, 0.05) is 12.7 Å². The minimum atomic E-state index is -0.224. The normalized spacial score (nSPS) is 11.3. The van der Waals surface area contributed by atoms with Gasteiger partial charge in [-0.15, -0.1) is 6.58 Å². The van der Waals surface area contributed by atoms with E-state index in [1.165, 1.54) is 11.1 Å². The van der Waals surface area contributed by atoms with Crippen LogP contribution < -0.4 is 5.32 Å². The van der Waals surface area contributed by atoms with Gasteiger partial charge in [-0.25, -0.2) is 4.79 Å². The van der Waals surface area contributed by atoms with Crippen molar-refractivity contribution >= 4 is 11.7 Å². The predicted molar refractivity (Wildman–Crippen MR) is 133 cm³/mol. The van der Waals surface area contributed by atoms with Gasteiger partial charge in [0.2, 0.25) is 0 Å². The molecule has 0 heterocycles. The van der Waals surface area contributed by atoms with Crippen LogP contribution in [0.15, 0.2) is 67.5 Å². The van der Waals surface area contributed by atoms with Crippen molar-refractivity contribution in [2.45, 2.75) is 60.4 Å². The Hall–Kier alpha value is -2.75. The van der Waals surface area contributed by atoms with Crippen molar-refractivity contribution in [3.63, 3.8) is 0 Å². The molecule has 0 bridgehead atoms. The lowest BCUT2D eigenvalue weighted by atomic mass is 10.0. The molecule has 0 radical (unpaired) electrons. The first kappa shape index (κ1) is 29.5. The molecule has 30 heavy (non-hydrogen) atoms. The number of nitrogens with zero attached hydrogens (tertiary/aromatic N) is 1. The molecular formula is C26H42N2O2. The largest absolute Gasteiger partial charge is 0.502 e. The van der Waals surface area contributed by atoms with Crippen molar-refractivity contribution < 1.29 is 9.53 Å². The zero-order valence-electron chi connectivity index (χ0n) is 20.3. The molecule has 1 rings (SSSR count). The summed E-state index contributed by atoms with van der Waals surface area (Å²) in [4.78, 5) is 14.2. The molecule has 0 aliphatic carbocycles. The number of likely N-dealkylation sites (N-methyl/N-ethyl adjacent to an activating group) is 1. The fraction of sp³-hybridized carbons (Fsp3) is 0.423. The van der Waals surface area contributed by atoms with Crippen LogP contribution in [-0.4, -0.2) is 31.1 Å². The van der Waals surface area contributed by atoms with Crippen LogP contribution in [0.4, 0.5) is 10.5 Å². The molecule has 1 atom stereocenters. The summed E-state index contributed by atoms with van der Waals surface area (Å²) in [6.07, 6.45) is 11.2. The zero-order valence-corrected chi connectivity index (χ0v) is 20.3. The number of hydrogen-bond donors (Lipinski definition) is 1. The van der Waals surface area contributed by atoms with Crippen molar-refractivity contribution in [2.24, 2.45) is 0 Å². The van der Waals surface area contributed by atoms with Gasteiger partial charge in [-0.3, -0.25) is 0 Å². The molecule has 0 aliphatic heterocycles. The summed E-state index contributed by atoms with van der Waals surface area (Å²) < 4.78 is 5.20. The summed E-state index contributed by atoms with van der Waals surface area (Å²) in [6.45, 7) is 19.0. The summed E-state index contributed by atoms with van der Waals surface area (Å²) in [6, 6.07) is 5.65. The first-order chi connectivity index (χ1) is 14.3. The van der Waals surface area contributed by atoms with E-state index in [0.29, 0.717) is 0 Å². The number of anilines is 1.